The predicted octanol–water partition coefficient (Wildman–Crippen LogP) is 4.53. The molecule has 0 unspecified atom stereocenters. The van der Waals surface area contributed by atoms with E-state index in [1.807, 2.05) is 13.8 Å². The number of rotatable bonds is 8. The van der Waals surface area contributed by atoms with Gasteiger partial charge in [-0.1, -0.05) is 25.4 Å². The molecule has 1 heterocycles. The molecule has 1 N–H and O–H groups in total. The number of methoxy groups -OCH3 is 1. The van der Waals surface area contributed by atoms with Gasteiger partial charge in [0.2, 0.25) is 0 Å². The Labute approximate surface area is 164 Å². The van der Waals surface area contributed by atoms with Crippen molar-refractivity contribution in [3.05, 3.63) is 52.8 Å². The Morgan fingerprint density at radius 3 is 2.48 bits per heavy atom. The van der Waals surface area contributed by atoms with Gasteiger partial charge in [0.25, 0.3) is 5.91 Å². The van der Waals surface area contributed by atoms with Gasteiger partial charge in [0, 0.05) is 25.0 Å². The molecule has 1 aromatic heterocycles. The number of amides is 1. The van der Waals surface area contributed by atoms with E-state index in [1.54, 1.807) is 41.4 Å². The molecule has 0 spiro atoms. The summed E-state index contributed by atoms with van der Waals surface area (Å²) in [5.41, 5.74) is 1.95. The van der Waals surface area contributed by atoms with Crippen molar-refractivity contribution in [2.24, 2.45) is 0 Å². The molecule has 27 heavy (non-hydrogen) atoms. The molecule has 2 rings (SSSR count). The van der Waals surface area contributed by atoms with Crippen LogP contribution in [0, 0.1) is 0 Å². The smallest absolute Gasteiger partial charge is 0.337 e. The second kappa shape index (κ2) is 9.92. The summed E-state index contributed by atoms with van der Waals surface area (Å²) in [6.07, 6.45) is 3.35. The minimum absolute atomic E-state index is 0.100. The molecule has 0 atom stereocenters. The number of esters is 1. The molecule has 0 aliphatic rings. The van der Waals surface area contributed by atoms with E-state index in [0.717, 1.165) is 12.8 Å². The van der Waals surface area contributed by atoms with Crippen LogP contribution in [0.3, 0.4) is 0 Å². The number of nitrogens with zero attached hydrogens (tertiary/aromatic N) is 2. The van der Waals surface area contributed by atoms with Crippen LogP contribution in [0.25, 0.3) is 0 Å². The second-order valence-corrected chi connectivity index (χ2v) is 6.44. The minimum Gasteiger partial charge on any atom is -0.465 e. The first-order valence-electron chi connectivity index (χ1n) is 8.90. The van der Waals surface area contributed by atoms with E-state index in [0.29, 0.717) is 40.7 Å². The highest BCUT2D eigenvalue weighted by Crippen LogP contribution is 2.27. The van der Waals surface area contributed by atoms with Crippen molar-refractivity contribution in [1.29, 1.82) is 0 Å². The van der Waals surface area contributed by atoms with Crippen LogP contribution in [0.15, 0.2) is 36.5 Å². The Morgan fingerprint density at radius 2 is 1.85 bits per heavy atom. The van der Waals surface area contributed by atoms with Crippen molar-refractivity contribution >= 4 is 34.9 Å². The zero-order valence-corrected chi connectivity index (χ0v) is 16.5. The van der Waals surface area contributed by atoms with Gasteiger partial charge in [0.15, 0.2) is 0 Å². The van der Waals surface area contributed by atoms with Crippen LogP contribution in [0.1, 0.15) is 47.5 Å². The van der Waals surface area contributed by atoms with E-state index in [9.17, 15) is 9.59 Å². The average Bonchev–Trinajstić information content (AvgIpc) is 2.68. The molecule has 0 saturated heterocycles. The van der Waals surface area contributed by atoms with E-state index in [1.165, 1.54) is 7.11 Å². The summed E-state index contributed by atoms with van der Waals surface area (Å²) in [7, 11) is 1.32. The van der Waals surface area contributed by atoms with E-state index in [4.69, 9.17) is 16.3 Å². The Balaban J connectivity index is 2.25. The number of ether oxygens (including phenoxy) is 1. The van der Waals surface area contributed by atoms with E-state index in [2.05, 4.69) is 10.3 Å². The van der Waals surface area contributed by atoms with Crippen molar-refractivity contribution in [1.82, 2.24) is 9.88 Å². The number of aromatic nitrogens is 1. The minimum atomic E-state index is -0.449. The maximum atomic E-state index is 12.7. The van der Waals surface area contributed by atoms with Crippen LogP contribution in [-0.2, 0) is 4.74 Å². The summed E-state index contributed by atoms with van der Waals surface area (Å²) in [6, 6.07) is 8.24. The molecular formula is C20H24ClN3O3. The van der Waals surface area contributed by atoms with Crippen LogP contribution in [0.2, 0.25) is 5.02 Å². The first kappa shape index (κ1) is 20.7. The number of anilines is 2. The van der Waals surface area contributed by atoms with E-state index in [-0.39, 0.29) is 5.91 Å². The monoisotopic (exact) mass is 389 g/mol. The first-order valence-corrected chi connectivity index (χ1v) is 9.28. The van der Waals surface area contributed by atoms with Crippen molar-refractivity contribution in [2.45, 2.75) is 26.7 Å². The fourth-order valence-electron chi connectivity index (χ4n) is 2.66. The summed E-state index contributed by atoms with van der Waals surface area (Å²) in [5.74, 6) is -0.549. The topological polar surface area (TPSA) is 71.5 Å². The molecule has 0 bridgehead atoms. The third-order valence-corrected chi connectivity index (χ3v) is 4.25. The molecule has 144 valence electrons. The number of hydrogen-bond donors (Lipinski definition) is 1. The maximum Gasteiger partial charge on any atom is 0.337 e. The van der Waals surface area contributed by atoms with Gasteiger partial charge in [-0.3, -0.25) is 9.78 Å². The number of pyridine rings is 1. The average molecular weight is 390 g/mol. The summed E-state index contributed by atoms with van der Waals surface area (Å²) < 4.78 is 4.73. The summed E-state index contributed by atoms with van der Waals surface area (Å²) >= 11 is 6.22. The third-order valence-electron chi connectivity index (χ3n) is 3.92. The van der Waals surface area contributed by atoms with Crippen LogP contribution in [0.4, 0.5) is 11.4 Å². The Kier molecular flexibility index (Phi) is 7.61. The molecule has 0 aliphatic heterocycles. The quantitative estimate of drug-likeness (QED) is 0.671. The maximum absolute atomic E-state index is 12.7. The summed E-state index contributed by atoms with van der Waals surface area (Å²) in [5, 5.41) is 3.59. The molecule has 6 nitrogen and oxygen atoms in total. The number of nitrogens with one attached hydrogen (secondary N) is 1. The van der Waals surface area contributed by atoms with Crippen molar-refractivity contribution in [3.8, 4) is 0 Å². The first-order chi connectivity index (χ1) is 13.0. The van der Waals surface area contributed by atoms with Crippen LogP contribution < -0.4 is 5.32 Å². The Bertz CT molecular complexity index is 805. The van der Waals surface area contributed by atoms with E-state index < -0.39 is 5.97 Å². The van der Waals surface area contributed by atoms with Gasteiger partial charge in [-0.15, -0.1) is 0 Å². The highest BCUT2D eigenvalue weighted by atomic mass is 35.5. The van der Waals surface area contributed by atoms with Crippen molar-refractivity contribution < 1.29 is 14.3 Å². The molecule has 0 aliphatic carbocycles. The normalized spacial score (nSPS) is 10.4. The largest absolute Gasteiger partial charge is 0.465 e. The SMILES string of the molecule is CCCN(CCC)C(=O)c1cc(Nc2cc(C(=O)OC)ccc2Cl)ccn1. The summed E-state index contributed by atoms with van der Waals surface area (Å²) in [6.45, 7) is 5.47. The Hall–Kier alpha value is -2.60. The molecule has 2 aromatic rings. The molecule has 1 amide bonds. The van der Waals surface area contributed by atoms with Crippen molar-refractivity contribution in [3.63, 3.8) is 0 Å². The third kappa shape index (κ3) is 5.44. The Morgan fingerprint density at radius 1 is 1.15 bits per heavy atom. The van der Waals surface area contributed by atoms with Crippen LogP contribution >= 0.6 is 11.6 Å². The lowest BCUT2D eigenvalue weighted by atomic mass is 10.2. The van der Waals surface area contributed by atoms with E-state index >= 15 is 0 Å². The number of carbonyl (C=O) groups excluding carboxylic acids is 2. The summed E-state index contributed by atoms with van der Waals surface area (Å²) in [4.78, 5) is 30.5. The van der Waals surface area contributed by atoms with Gasteiger partial charge < -0.3 is 15.0 Å². The van der Waals surface area contributed by atoms with Gasteiger partial charge in [0.1, 0.15) is 5.69 Å². The number of benzene rings is 1. The lowest BCUT2D eigenvalue weighted by Gasteiger charge is -2.21. The van der Waals surface area contributed by atoms with Gasteiger partial charge >= 0.3 is 5.97 Å². The van der Waals surface area contributed by atoms with Crippen molar-refractivity contribution in [2.75, 3.05) is 25.5 Å². The zero-order valence-electron chi connectivity index (χ0n) is 15.8. The van der Waals surface area contributed by atoms with Crippen LogP contribution in [0.5, 0.6) is 0 Å². The fraction of sp³-hybridized carbons (Fsp3) is 0.350. The molecule has 1 aromatic carbocycles. The van der Waals surface area contributed by atoms with Crippen LogP contribution in [-0.4, -0.2) is 42.0 Å². The highest BCUT2D eigenvalue weighted by molar-refractivity contribution is 6.33. The van der Waals surface area contributed by atoms with Gasteiger partial charge in [-0.05, 0) is 43.2 Å². The molecule has 0 radical (unpaired) electrons. The number of carbonyl (C=O) groups is 2. The second-order valence-electron chi connectivity index (χ2n) is 6.03. The molecule has 0 fully saturated rings. The number of hydrogen-bond acceptors (Lipinski definition) is 5. The predicted molar refractivity (Wildman–Crippen MR) is 107 cm³/mol. The highest BCUT2D eigenvalue weighted by Gasteiger charge is 2.16. The standard InChI is InChI=1S/C20H24ClN3O3/c1-4-10-24(11-5-2)19(25)18-13-15(8-9-22-18)23-17-12-14(20(26)27-3)6-7-16(17)21/h6-9,12-13H,4-5,10-11H2,1-3H3,(H,22,23). The van der Waals surface area contributed by atoms with Gasteiger partial charge in [-0.25, -0.2) is 4.79 Å². The molecule has 0 saturated carbocycles. The zero-order chi connectivity index (χ0) is 19.8. The van der Waals surface area contributed by atoms with Gasteiger partial charge in [-0.2, -0.15) is 0 Å². The molecule has 7 heteroatoms. The fourth-order valence-corrected chi connectivity index (χ4v) is 2.83. The van der Waals surface area contributed by atoms with Gasteiger partial charge in [0.05, 0.1) is 23.4 Å². The lowest BCUT2D eigenvalue weighted by molar-refractivity contribution is 0.0600. The molecular weight excluding hydrogens is 366 g/mol. The number of halogens is 1. The lowest BCUT2D eigenvalue weighted by Crippen LogP contribution is -2.33.